The van der Waals surface area contributed by atoms with E-state index in [1.165, 1.54) is 0 Å². The monoisotopic (exact) mass is 434 g/mol. The van der Waals surface area contributed by atoms with Gasteiger partial charge < -0.3 is 9.47 Å². The van der Waals surface area contributed by atoms with E-state index in [1.54, 1.807) is 38.1 Å². The van der Waals surface area contributed by atoms with E-state index in [9.17, 15) is 9.59 Å². The molecule has 1 atom stereocenters. The number of hydrogen-bond donors (Lipinski definition) is 0. The van der Waals surface area contributed by atoms with Gasteiger partial charge in [0.1, 0.15) is 0 Å². The smallest absolute Gasteiger partial charge is 0.311 e. The van der Waals surface area contributed by atoms with Crippen molar-refractivity contribution >= 4 is 11.9 Å². The molecule has 1 unspecified atom stereocenters. The lowest BCUT2D eigenvalue weighted by Crippen LogP contribution is -2.20. The molecular formula is C28H34O4. The SMILES string of the molecule is CC/C=C/C=C/C=C/C=C/C=C/C=CCCC(=O)OC(OC(=O)C(C)C)c1ccccc1. The first kappa shape index (κ1) is 26.6. The first-order valence-electron chi connectivity index (χ1n) is 11.0. The maximum atomic E-state index is 12.2. The van der Waals surface area contributed by atoms with Crippen molar-refractivity contribution < 1.29 is 19.1 Å². The summed E-state index contributed by atoms with van der Waals surface area (Å²) < 4.78 is 10.8. The summed E-state index contributed by atoms with van der Waals surface area (Å²) in [5.74, 6) is -1.14. The largest absolute Gasteiger partial charge is 0.421 e. The van der Waals surface area contributed by atoms with E-state index in [-0.39, 0.29) is 12.3 Å². The van der Waals surface area contributed by atoms with Crippen molar-refractivity contribution in [1.82, 2.24) is 0 Å². The van der Waals surface area contributed by atoms with Gasteiger partial charge in [-0.1, -0.05) is 124 Å². The molecule has 0 amide bonds. The Labute approximate surface area is 192 Å². The number of benzene rings is 1. The van der Waals surface area contributed by atoms with Crippen molar-refractivity contribution in [3.05, 3.63) is 109 Å². The van der Waals surface area contributed by atoms with Gasteiger partial charge in [0, 0.05) is 12.0 Å². The van der Waals surface area contributed by atoms with Crippen LogP contribution in [0.5, 0.6) is 0 Å². The van der Waals surface area contributed by atoms with Crippen LogP contribution >= 0.6 is 0 Å². The van der Waals surface area contributed by atoms with Crippen LogP contribution in [-0.4, -0.2) is 11.9 Å². The molecule has 170 valence electrons. The molecule has 0 fully saturated rings. The number of allylic oxidation sites excluding steroid dienone is 12. The number of carbonyl (C=O) groups excluding carboxylic acids is 2. The Morgan fingerprint density at radius 1 is 0.781 bits per heavy atom. The Hall–Kier alpha value is -3.40. The molecule has 0 aliphatic carbocycles. The van der Waals surface area contributed by atoms with Crippen molar-refractivity contribution in [3.63, 3.8) is 0 Å². The lowest BCUT2D eigenvalue weighted by atomic mass is 10.2. The van der Waals surface area contributed by atoms with Crippen LogP contribution in [0.1, 0.15) is 51.9 Å². The number of rotatable bonds is 13. The zero-order valence-electron chi connectivity index (χ0n) is 19.2. The van der Waals surface area contributed by atoms with Gasteiger partial charge >= 0.3 is 11.9 Å². The van der Waals surface area contributed by atoms with Gasteiger partial charge in [0.25, 0.3) is 6.29 Å². The van der Waals surface area contributed by atoms with Gasteiger partial charge in [0.2, 0.25) is 0 Å². The summed E-state index contributed by atoms with van der Waals surface area (Å²) in [6.45, 7) is 5.57. The van der Waals surface area contributed by atoms with Gasteiger partial charge in [-0.3, -0.25) is 9.59 Å². The third-order valence-corrected chi connectivity index (χ3v) is 4.03. The van der Waals surface area contributed by atoms with Crippen molar-refractivity contribution in [2.75, 3.05) is 0 Å². The summed E-state index contributed by atoms with van der Waals surface area (Å²) >= 11 is 0. The van der Waals surface area contributed by atoms with E-state index in [1.807, 2.05) is 72.9 Å². The topological polar surface area (TPSA) is 52.6 Å². The Balaban J connectivity index is 2.40. The van der Waals surface area contributed by atoms with Crippen molar-refractivity contribution in [1.29, 1.82) is 0 Å². The number of esters is 2. The highest BCUT2D eigenvalue weighted by molar-refractivity contribution is 5.73. The molecule has 4 heteroatoms. The molecule has 0 aliphatic heterocycles. The Morgan fingerprint density at radius 2 is 1.31 bits per heavy atom. The third kappa shape index (κ3) is 13.0. The van der Waals surface area contributed by atoms with Crippen LogP contribution in [0.15, 0.2) is 103 Å². The van der Waals surface area contributed by atoms with Crippen molar-refractivity contribution in [3.8, 4) is 0 Å². The fourth-order valence-corrected chi connectivity index (χ4v) is 2.29. The van der Waals surface area contributed by atoms with Gasteiger partial charge in [-0.2, -0.15) is 0 Å². The van der Waals surface area contributed by atoms with Crippen LogP contribution in [0.3, 0.4) is 0 Å². The molecule has 0 heterocycles. The minimum atomic E-state index is -1.03. The Bertz CT molecular complexity index is 839. The highest BCUT2D eigenvalue weighted by Crippen LogP contribution is 2.21. The Kier molecular flexibility index (Phi) is 14.4. The molecule has 32 heavy (non-hydrogen) atoms. The second-order valence-electron chi connectivity index (χ2n) is 7.17. The van der Waals surface area contributed by atoms with E-state index in [0.29, 0.717) is 12.0 Å². The van der Waals surface area contributed by atoms with Crippen LogP contribution in [-0.2, 0) is 19.1 Å². The number of hydrogen-bond acceptors (Lipinski definition) is 4. The normalized spacial score (nSPS) is 13.5. The summed E-state index contributed by atoms with van der Waals surface area (Å²) in [7, 11) is 0. The van der Waals surface area contributed by atoms with Crippen molar-refractivity contribution in [2.45, 2.75) is 46.3 Å². The van der Waals surface area contributed by atoms with Gasteiger partial charge in [-0.15, -0.1) is 0 Å². The predicted octanol–water partition coefficient (Wildman–Crippen LogP) is 6.96. The molecule has 0 aromatic heterocycles. The third-order valence-electron chi connectivity index (χ3n) is 4.03. The fraction of sp³-hybridized carbons (Fsp3) is 0.286. The molecule has 1 aromatic carbocycles. The summed E-state index contributed by atoms with van der Waals surface area (Å²) in [4.78, 5) is 24.2. The molecule has 1 rings (SSSR count). The molecule has 1 aromatic rings. The lowest BCUT2D eigenvalue weighted by Gasteiger charge is -2.19. The first-order chi connectivity index (χ1) is 15.5. The van der Waals surface area contributed by atoms with E-state index in [4.69, 9.17) is 9.47 Å². The lowest BCUT2D eigenvalue weighted by molar-refractivity contribution is -0.192. The molecule has 0 bridgehead atoms. The minimum absolute atomic E-state index is 0.199. The van der Waals surface area contributed by atoms with E-state index in [2.05, 4.69) is 13.0 Å². The second kappa shape index (κ2) is 17.3. The standard InChI is InChI=1S/C28H34O4/c1-4-5-6-7-8-9-10-11-12-13-14-15-16-20-23-26(29)31-28(32-27(30)24(2)3)25-21-18-17-19-22-25/h5-19,21-22,24,28H,4,20,23H2,1-3H3/b6-5+,8-7+,10-9+,12-11+,14-13+,16-15?. The second-order valence-corrected chi connectivity index (χ2v) is 7.17. The molecule has 0 spiro atoms. The van der Waals surface area contributed by atoms with Crippen LogP contribution in [0.25, 0.3) is 0 Å². The molecule has 0 saturated carbocycles. The number of carbonyl (C=O) groups is 2. The predicted molar refractivity (Wildman–Crippen MR) is 131 cm³/mol. The average Bonchev–Trinajstić information content (AvgIpc) is 2.79. The molecule has 0 radical (unpaired) electrons. The van der Waals surface area contributed by atoms with Crippen LogP contribution < -0.4 is 0 Å². The summed E-state index contributed by atoms with van der Waals surface area (Å²) in [5, 5.41) is 0. The van der Waals surface area contributed by atoms with Crippen molar-refractivity contribution in [2.24, 2.45) is 5.92 Å². The van der Waals surface area contributed by atoms with E-state index < -0.39 is 18.2 Å². The van der Waals surface area contributed by atoms with Gasteiger partial charge in [-0.05, 0) is 12.8 Å². The van der Waals surface area contributed by atoms with Crippen LogP contribution in [0.2, 0.25) is 0 Å². The highest BCUT2D eigenvalue weighted by Gasteiger charge is 2.22. The maximum Gasteiger partial charge on any atom is 0.311 e. The average molecular weight is 435 g/mol. The quantitative estimate of drug-likeness (QED) is 0.191. The summed E-state index contributed by atoms with van der Waals surface area (Å²) in [6.07, 6.45) is 24.2. The zero-order valence-corrected chi connectivity index (χ0v) is 19.2. The summed E-state index contributed by atoms with van der Waals surface area (Å²) in [6, 6.07) is 8.98. The van der Waals surface area contributed by atoms with Gasteiger partial charge in [-0.25, -0.2) is 0 Å². The van der Waals surface area contributed by atoms with Gasteiger partial charge in [0.05, 0.1) is 5.92 Å². The number of ether oxygens (including phenoxy) is 2. The molecular weight excluding hydrogens is 400 g/mol. The highest BCUT2D eigenvalue weighted by atomic mass is 16.7. The molecule has 0 aliphatic rings. The van der Waals surface area contributed by atoms with Crippen LogP contribution in [0.4, 0.5) is 0 Å². The molecule has 0 saturated heterocycles. The van der Waals surface area contributed by atoms with E-state index >= 15 is 0 Å². The van der Waals surface area contributed by atoms with Crippen LogP contribution in [0, 0.1) is 5.92 Å². The van der Waals surface area contributed by atoms with Gasteiger partial charge in [0.15, 0.2) is 0 Å². The van der Waals surface area contributed by atoms with E-state index in [0.717, 1.165) is 6.42 Å². The molecule has 4 nitrogen and oxygen atoms in total. The zero-order chi connectivity index (χ0) is 23.4. The Morgan fingerprint density at radius 3 is 1.84 bits per heavy atom. The minimum Gasteiger partial charge on any atom is -0.421 e. The maximum absolute atomic E-state index is 12.2. The molecule has 0 N–H and O–H groups in total. The first-order valence-corrected chi connectivity index (χ1v) is 11.0. The fourth-order valence-electron chi connectivity index (χ4n) is 2.29. The summed E-state index contributed by atoms with van der Waals surface area (Å²) in [5.41, 5.74) is 0.627.